The molecule has 4 heteroatoms. The smallest absolute Gasteiger partial charge is 0.164 e. The molecule has 262 valence electrons. The van der Waals surface area contributed by atoms with Crippen LogP contribution in [-0.4, -0.2) is 21.0 Å². The summed E-state index contributed by atoms with van der Waals surface area (Å²) in [6, 6.07) is 57.8. The molecule has 2 atom stereocenters. The van der Waals surface area contributed by atoms with Crippen molar-refractivity contribution in [2.45, 2.75) is 24.8 Å². The lowest BCUT2D eigenvalue weighted by molar-refractivity contribution is 0.745. The lowest BCUT2D eigenvalue weighted by Gasteiger charge is -2.30. The van der Waals surface area contributed by atoms with Crippen LogP contribution in [0.3, 0.4) is 0 Å². The maximum atomic E-state index is 5.08. The Bertz CT molecular complexity index is 2570. The monoisotopic (exact) mass is 706 g/mol. The Morgan fingerprint density at radius 3 is 1.69 bits per heavy atom. The normalized spacial score (nSPS) is 17.2. The largest absolute Gasteiger partial charge is 0.333 e. The van der Waals surface area contributed by atoms with Gasteiger partial charge in [-0.25, -0.2) is 15.0 Å². The second kappa shape index (κ2) is 14.1. The molecule has 0 fully saturated rings. The number of nitrogens with zero attached hydrogens (tertiary/aromatic N) is 4. The van der Waals surface area contributed by atoms with Gasteiger partial charge in [-0.1, -0.05) is 170 Å². The second-order valence-corrected chi connectivity index (χ2v) is 14.3. The minimum Gasteiger partial charge on any atom is -0.333 e. The van der Waals surface area contributed by atoms with Crippen LogP contribution in [-0.2, 0) is 0 Å². The molecule has 0 saturated carbocycles. The van der Waals surface area contributed by atoms with Gasteiger partial charge < -0.3 is 4.90 Å². The number of anilines is 2. The second-order valence-electron chi connectivity index (χ2n) is 14.3. The first kappa shape index (κ1) is 32.7. The SMILES string of the molecule is C1=CC2C(C=C1c1ccccc1)c1c(C3=CC(c4nc(-c5ccccc5)nc(-c5ccccc5)n4)=CCC3)cccc1N2c1ccc(-c2ccccc2)cc1. The van der Waals surface area contributed by atoms with E-state index in [2.05, 4.69) is 163 Å². The van der Waals surface area contributed by atoms with Crippen molar-refractivity contribution in [2.24, 2.45) is 0 Å². The van der Waals surface area contributed by atoms with Crippen LogP contribution in [0, 0.1) is 0 Å². The average molecular weight is 707 g/mol. The summed E-state index contributed by atoms with van der Waals surface area (Å²) in [5.74, 6) is 2.22. The zero-order valence-corrected chi connectivity index (χ0v) is 30.3. The summed E-state index contributed by atoms with van der Waals surface area (Å²) in [6.07, 6.45) is 13.7. The number of rotatable bonds is 7. The van der Waals surface area contributed by atoms with Crippen molar-refractivity contribution in [3.8, 4) is 33.9 Å². The van der Waals surface area contributed by atoms with Gasteiger partial charge in [0.25, 0.3) is 0 Å². The van der Waals surface area contributed by atoms with E-state index in [9.17, 15) is 0 Å². The molecule has 0 spiro atoms. The minimum atomic E-state index is 0.149. The zero-order chi connectivity index (χ0) is 36.6. The Labute approximate surface area is 322 Å². The highest BCUT2D eigenvalue weighted by molar-refractivity contribution is 5.91. The number of benzene rings is 6. The minimum absolute atomic E-state index is 0.149. The number of allylic oxidation sites excluding steroid dienone is 6. The van der Waals surface area contributed by atoms with Crippen molar-refractivity contribution < 1.29 is 0 Å². The highest BCUT2D eigenvalue weighted by Gasteiger charge is 2.40. The van der Waals surface area contributed by atoms with Gasteiger partial charge >= 0.3 is 0 Å². The van der Waals surface area contributed by atoms with Crippen molar-refractivity contribution in [3.05, 3.63) is 217 Å². The van der Waals surface area contributed by atoms with Gasteiger partial charge in [-0.2, -0.15) is 0 Å². The zero-order valence-electron chi connectivity index (χ0n) is 30.3. The van der Waals surface area contributed by atoms with E-state index >= 15 is 0 Å². The first-order valence-electron chi connectivity index (χ1n) is 19.1. The van der Waals surface area contributed by atoms with Gasteiger partial charge in [-0.05, 0) is 76.1 Å². The topological polar surface area (TPSA) is 41.9 Å². The van der Waals surface area contributed by atoms with Gasteiger partial charge in [0.1, 0.15) is 0 Å². The third-order valence-corrected chi connectivity index (χ3v) is 10.9. The highest BCUT2D eigenvalue weighted by atomic mass is 15.2. The van der Waals surface area contributed by atoms with Crippen LogP contribution in [0.1, 0.15) is 41.3 Å². The molecule has 2 unspecified atom stereocenters. The van der Waals surface area contributed by atoms with Crippen molar-refractivity contribution in [2.75, 3.05) is 4.90 Å². The molecule has 1 aromatic heterocycles. The van der Waals surface area contributed by atoms with Crippen LogP contribution in [0.15, 0.2) is 194 Å². The van der Waals surface area contributed by atoms with E-state index in [1.165, 1.54) is 50.3 Å². The van der Waals surface area contributed by atoms with E-state index in [0.29, 0.717) is 17.5 Å². The number of hydrogen-bond donors (Lipinski definition) is 0. The molecule has 0 saturated heterocycles. The van der Waals surface area contributed by atoms with Crippen molar-refractivity contribution in [1.82, 2.24) is 15.0 Å². The lowest BCUT2D eigenvalue weighted by atomic mass is 9.81. The van der Waals surface area contributed by atoms with Crippen LogP contribution < -0.4 is 4.90 Å². The average Bonchev–Trinajstić information content (AvgIpc) is 3.61. The third kappa shape index (κ3) is 6.22. The van der Waals surface area contributed by atoms with E-state index in [1.807, 2.05) is 36.4 Å². The summed E-state index contributed by atoms with van der Waals surface area (Å²) in [5.41, 5.74) is 14.3. The van der Waals surface area contributed by atoms with E-state index < -0.39 is 0 Å². The van der Waals surface area contributed by atoms with E-state index in [4.69, 9.17) is 15.0 Å². The van der Waals surface area contributed by atoms with Gasteiger partial charge in [0.15, 0.2) is 17.5 Å². The molecule has 0 amide bonds. The molecule has 10 rings (SSSR count). The molecule has 1 aliphatic heterocycles. The molecular weight excluding hydrogens is 669 g/mol. The lowest BCUT2D eigenvalue weighted by Crippen LogP contribution is -2.29. The maximum Gasteiger partial charge on any atom is 0.164 e. The van der Waals surface area contributed by atoms with Gasteiger partial charge in [-0.3, -0.25) is 0 Å². The Kier molecular flexibility index (Phi) is 8.42. The fourth-order valence-corrected chi connectivity index (χ4v) is 8.31. The molecule has 0 bridgehead atoms. The van der Waals surface area contributed by atoms with Gasteiger partial charge in [0.05, 0.1) is 6.04 Å². The molecule has 2 heterocycles. The summed E-state index contributed by atoms with van der Waals surface area (Å²) < 4.78 is 0. The Morgan fingerprint density at radius 1 is 0.491 bits per heavy atom. The Morgan fingerprint density at radius 2 is 1.05 bits per heavy atom. The molecule has 0 N–H and O–H groups in total. The molecule has 0 radical (unpaired) electrons. The fraction of sp³-hybridized carbons (Fsp3) is 0.0784. The highest BCUT2D eigenvalue weighted by Crippen LogP contribution is 2.52. The van der Waals surface area contributed by atoms with Gasteiger partial charge in [0, 0.05) is 34.0 Å². The number of aromatic nitrogens is 3. The quantitative estimate of drug-likeness (QED) is 0.165. The van der Waals surface area contributed by atoms with Crippen molar-refractivity contribution in [3.63, 3.8) is 0 Å². The predicted octanol–water partition coefficient (Wildman–Crippen LogP) is 12.4. The molecular formula is C51H38N4. The predicted molar refractivity (Wildman–Crippen MR) is 226 cm³/mol. The molecule has 4 nitrogen and oxygen atoms in total. The molecule has 7 aromatic rings. The fourth-order valence-electron chi connectivity index (χ4n) is 8.31. The summed E-state index contributed by atoms with van der Waals surface area (Å²) in [4.78, 5) is 17.6. The van der Waals surface area contributed by atoms with Crippen LogP contribution in [0.5, 0.6) is 0 Å². The van der Waals surface area contributed by atoms with Crippen molar-refractivity contribution >= 4 is 28.1 Å². The Hall–Kier alpha value is -6.91. The first-order valence-corrected chi connectivity index (χ1v) is 19.1. The van der Waals surface area contributed by atoms with Crippen LogP contribution >= 0.6 is 0 Å². The summed E-state index contributed by atoms with van der Waals surface area (Å²) >= 11 is 0. The van der Waals surface area contributed by atoms with Gasteiger partial charge in [-0.15, -0.1) is 0 Å². The number of hydrogen-bond acceptors (Lipinski definition) is 4. The van der Waals surface area contributed by atoms with Crippen molar-refractivity contribution in [1.29, 1.82) is 0 Å². The van der Waals surface area contributed by atoms with E-state index in [1.54, 1.807) is 0 Å². The van der Waals surface area contributed by atoms with E-state index in [0.717, 1.165) is 29.5 Å². The Balaban J connectivity index is 1.08. The first-order chi connectivity index (χ1) is 27.3. The summed E-state index contributed by atoms with van der Waals surface area (Å²) in [6.45, 7) is 0. The van der Waals surface area contributed by atoms with Gasteiger partial charge in [0.2, 0.25) is 0 Å². The molecule has 55 heavy (non-hydrogen) atoms. The number of fused-ring (bicyclic) bond motifs is 3. The van der Waals surface area contributed by atoms with Crippen LogP contribution in [0.4, 0.5) is 11.4 Å². The van der Waals surface area contributed by atoms with E-state index in [-0.39, 0.29) is 12.0 Å². The summed E-state index contributed by atoms with van der Waals surface area (Å²) in [7, 11) is 0. The van der Waals surface area contributed by atoms with Crippen LogP contribution in [0.2, 0.25) is 0 Å². The molecule has 2 aliphatic carbocycles. The summed E-state index contributed by atoms with van der Waals surface area (Å²) in [5, 5.41) is 0. The third-order valence-electron chi connectivity index (χ3n) is 10.9. The maximum absolute atomic E-state index is 5.08. The molecule has 6 aromatic carbocycles. The molecule has 3 aliphatic rings. The van der Waals surface area contributed by atoms with Crippen LogP contribution in [0.25, 0.3) is 50.6 Å². The standard InChI is InChI=1S/C51H38N4/c1-5-15-35(16-6-1)37-27-30-43(31-28-37)55-46-32-29-40(36-17-7-2-8-18-36)34-45(46)48-44(25-14-26-47(48)55)41-23-13-24-42(33-41)51-53-49(38-19-9-3-10-20-38)52-50(54-51)39-21-11-4-12-22-39/h1-12,14-22,24-34,45-46H,13,23H2.